The van der Waals surface area contributed by atoms with Gasteiger partial charge in [0.25, 0.3) is 5.60 Å². The van der Waals surface area contributed by atoms with E-state index in [1.54, 1.807) is 6.92 Å². The van der Waals surface area contributed by atoms with E-state index in [9.17, 15) is 36.2 Å². The van der Waals surface area contributed by atoms with Gasteiger partial charge in [-0.25, -0.2) is 0 Å². The second-order valence-electron chi connectivity index (χ2n) is 7.00. The van der Waals surface area contributed by atoms with Gasteiger partial charge in [0.2, 0.25) is 5.88 Å². The van der Waals surface area contributed by atoms with Crippen LogP contribution < -0.4 is 9.61 Å². The van der Waals surface area contributed by atoms with Gasteiger partial charge in [0.05, 0.1) is 18.6 Å². The van der Waals surface area contributed by atoms with E-state index in [1.165, 1.54) is 5.38 Å². The normalized spacial score (nSPS) is 15.8. The molecule has 1 aromatic heterocycles. The van der Waals surface area contributed by atoms with Crippen molar-refractivity contribution >= 4 is 11.3 Å². The van der Waals surface area contributed by atoms with E-state index >= 15 is 0 Å². The highest BCUT2D eigenvalue weighted by Gasteiger charge is 2.75. The fraction of sp³-hybridized carbons (Fsp3) is 0.526. The zero-order valence-electron chi connectivity index (χ0n) is 16.3. The fourth-order valence-electron chi connectivity index (χ4n) is 3.65. The summed E-state index contributed by atoms with van der Waals surface area (Å²) in [5.41, 5.74) is -5.25. The van der Waals surface area contributed by atoms with Gasteiger partial charge in [-0.1, -0.05) is 30.7 Å². The minimum atomic E-state index is -5.68. The molecule has 0 saturated heterocycles. The van der Waals surface area contributed by atoms with Crippen LogP contribution in [0.4, 0.5) is 26.3 Å². The monoisotopic (exact) mass is 471 g/mol. The largest absolute Gasteiger partial charge is 0.494 e. The minimum absolute atomic E-state index is 0.0434. The predicted molar refractivity (Wildman–Crippen MR) is 99.4 cm³/mol. The molecule has 31 heavy (non-hydrogen) atoms. The van der Waals surface area contributed by atoms with E-state index in [2.05, 4.69) is 4.74 Å². The molecule has 0 fully saturated rings. The molecule has 0 radical (unpaired) electrons. The van der Waals surface area contributed by atoms with E-state index in [0.717, 1.165) is 28.0 Å². The summed E-state index contributed by atoms with van der Waals surface area (Å²) in [6, 6.07) is 1.85. The summed E-state index contributed by atoms with van der Waals surface area (Å²) in [6.45, 7) is 1.10. The highest BCUT2D eigenvalue weighted by Crippen LogP contribution is 2.58. The van der Waals surface area contributed by atoms with Gasteiger partial charge < -0.3 is 14.6 Å². The Morgan fingerprint density at radius 1 is 1.23 bits per heavy atom. The van der Waals surface area contributed by atoms with E-state index in [-0.39, 0.29) is 47.2 Å². The number of hydrogen-bond donors (Lipinski definition) is 1. The second-order valence-corrected chi connectivity index (χ2v) is 7.82. The van der Waals surface area contributed by atoms with Crippen molar-refractivity contribution in [3.8, 4) is 11.6 Å². The molecule has 0 spiro atoms. The van der Waals surface area contributed by atoms with Crippen molar-refractivity contribution in [2.75, 3.05) is 6.61 Å². The van der Waals surface area contributed by atoms with Gasteiger partial charge in [-0.15, -0.1) is 0 Å². The summed E-state index contributed by atoms with van der Waals surface area (Å²) in [5.74, 6) is -0.0155. The van der Waals surface area contributed by atoms with Gasteiger partial charge >= 0.3 is 17.2 Å². The van der Waals surface area contributed by atoms with Crippen molar-refractivity contribution in [1.82, 2.24) is 4.57 Å². The number of halogens is 6. The Bertz CT molecular complexity index is 981. The number of nitrogens with zero attached hydrogens (tertiary/aromatic N) is 1. The lowest BCUT2D eigenvalue weighted by molar-refractivity contribution is -0.385. The topological polar surface area (TPSA) is 60.7 Å². The number of aromatic nitrogens is 1. The van der Waals surface area contributed by atoms with Crippen LogP contribution in [0.1, 0.15) is 36.5 Å². The Labute approximate surface area is 176 Å². The molecule has 0 unspecified atom stereocenters. The molecule has 3 rings (SSSR count). The van der Waals surface area contributed by atoms with E-state index in [0.29, 0.717) is 12.8 Å². The lowest BCUT2D eigenvalue weighted by Gasteiger charge is -2.33. The van der Waals surface area contributed by atoms with Crippen LogP contribution in [0.5, 0.6) is 11.6 Å². The minimum Gasteiger partial charge on any atom is -0.494 e. The lowest BCUT2D eigenvalue weighted by Crippen LogP contribution is -2.53. The number of rotatable bonds is 7. The number of thiazole rings is 1. The van der Waals surface area contributed by atoms with E-state index in [1.807, 2.05) is 0 Å². The first-order valence-corrected chi connectivity index (χ1v) is 10.2. The van der Waals surface area contributed by atoms with Gasteiger partial charge in [0.1, 0.15) is 5.75 Å². The summed E-state index contributed by atoms with van der Waals surface area (Å²) in [6.07, 6.45) is -10.4. The Hall–Kier alpha value is -2.21. The number of ether oxygens (including phenoxy) is 2. The van der Waals surface area contributed by atoms with Crippen molar-refractivity contribution in [1.29, 1.82) is 0 Å². The van der Waals surface area contributed by atoms with Crippen LogP contribution in [0, 0.1) is 0 Å². The summed E-state index contributed by atoms with van der Waals surface area (Å²) in [5, 5.41) is 10.9. The molecule has 5 nitrogen and oxygen atoms in total. The molecule has 2 aromatic rings. The van der Waals surface area contributed by atoms with E-state index in [4.69, 9.17) is 4.74 Å². The summed E-state index contributed by atoms with van der Waals surface area (Å²) in [4.78, 5) is 11.2. The molecule has 172 valence electrons. The Kier molecular flexibility index (Phi) is 6.34. The van der Waals surface area contributed by atoms with Gasteiger partial charge in [0, 0.05) is 17.7 Å². The molecule has 1 aliphatic heterocycles. The molecule has 0 amide bonds. The lowest BCUT2D eigenvalue weighted by atomic mass is 9.87. The molecule has 0 saturated carbocycles. The third-order valence-electron chi connectivity index (χ3n) is 5.04. The van der Waals surface area contributed by atoms with Crippen LogP contribution in [-0.4, -0.2) is 28.6 Å². The molecular weight excluding hydrogens is 452 g/mol. The maximum absolute atomic E-state index is 13.5. The summed E-state index contributed by atoms with van der Waals surface area (Å²) >= 11 is 0.831. The number of alkyl halides is 6. The average molecular weight is 471 g/mol. The third kappa shape index (κ3) is 4.02. The molecule has 12 heteroatoms. The predicted octanol–water partition coefficient (Wildman–Crippen LogP) is 4.89. The van der Waals surface area contributed by atoms with Crippen LogP contribution in [0.25, 0.3) is 0 Å². The van der Waals surface area contributed by atoms with Crippen LogP contribution in [-0.2, 0) is 29.9 Å². The van der Waals surface area contributed by atoms with Gasteiger partial charge in [-0.2, -0.15) is 26.3 Å². The standard InChI is InChI=1S/C19H19F6NO4S/c1-2-4-11-12-9-30-17(18(20,21)22,19(23,24)25)13(12)5-6-14(11)29-8-3-7-26-15(27)10-31-16(26)28/h5-6,10,27H,2-4,7-9H2,1H3. The molecule has 0 bridgehead atoms. The smallest absolute Gasteiger partial charge is 0.430 e. The van der Waals surface area contributed by atoms with E-state index < -0.39 is 30.1 Å². The molecule has 1 aliphatic rings. The maximum Gasteiger partial charge on any atom is 0.430 e. The number of hydrogen-bond acceptors (Lipinski definition) is 5. The number of benzene rings is 1. The zero-order chi connectivity index (χ0) is 23.0. The summed E-state index contributed by atoms with van der Waals surface area (Å²) in [7, 11) is 0. The summed E-state index contributed by atoms with van der Waals surface area (Å²) < 4.78 is 92.4. The average Bonchev–Trinajstić information content (AvgIpc) is 3.21. The van der Waals surface area contributed by atoms with Crippen molar-refractivity contribution in [3.63, 3.8) is 0 Å². The highest BCUT2D eigenvalue weighted by molar-refractivity contribution is 7.07. The maximum atomic E-state index is 13.5. The quantitative estimate of drug-likeness (QED) is 0.462. The van der Waals surface area contributed by atoms with Gasteiger partial charge in [0.15, 0.2) is 0 Å². The van der Waals surface area contributed by atoms with Crippen molar-refractivity contribution in [2.45, 2.75) is 57.3 Å². The SMILES string of the molecule is CCCc1c(OCCCn2c(O)csc2=O)ccc2c1COC2(C(F)(F)F)C(F)(F)F. The first kappa shape index (κ1) is 23.5. The van der Waals surface area contributed by atoms with Crippen molar-refractivity contribution in [3.05, 3.63) is 43.9 Å². The van der Waals surface area contributed by atoms with Crippen LogP contribution in [0.2, 0.25) is 0 Å². The first-order valence-electron chi connectivity index (χ1n) is 9.36. The Morgan fingerprint density at radius 3 is 2.45 bits per heavy atom. The van der Waals surface area contributed by atoms with Crippen LogP contribution in [0.15, 0.2) is 22.3 Å². The van der Waals surface area contributed by atoms with Gasteiger partial charge in [-0.05, 0) is 24.5 Å². The van der Waals surface area contributed by atoms with Crippen molar-refractivity contribution in [2.24, 2.45) is 0 Å². The molecular formula is C19H19F6NO4S. The number of aromatic hydroxyl groups is 1. The van der Waals surface area contributed by atoms with Crippen LogP contribution in [0.3, 0.4) is 0 Å². The zero-order valence-corrected chi connectivity index (χ0v) is 17.1. The Balaban J connectivity index is 1.87. The third-order valence-corrected chi connectivity index (χ3v) is 5.80. The molecule has 1 N–H and O–H groups in total. The molecule has 0 aliphatic carbocycles. The van der Waals surface area contributed by atoms with Gasteiger partial charge in [-0.3, -0.25) is 9.36 Å². The fourth-order valence-corrected chi connectivity index (χ4v) is 4.29. The molecule has 1 aromatic carbocycles. The van der Waals surface area contributed by atoms with Crippen LogP contribution >= 0.6 is 11.3 Å². The number of fused-ring (bicyclic) bond motifs is 1. The highest BCUT2D eigenvalue weighted by atomic mass is 32.1. The first-order chi connectivity index (χ1) is 14.4. The Morgan fingerprint density at radius 2 is 1.90 bits per heavy atom. The molecule has 2 heterocycles. The van der Waals surface area contributed by atoms with Crippen molar-refractivity contribution < 1.29 is 40.9 Å². The molecule has 0 atom stereocenters. The second kappa shape index (κ2) is 8.38.